The number of nitrogens with zero attached hydrogens (tertiary/aromatic N) is 6. The summed E-state index contributed by atoms with van der Waals surface area (Å²) >= 11 is 12.4. The molecule has 0 aromatic carbocycles. The van der Waals surface area contributed by atoms with Gasteiger partial charge in [0.1, 0.15) is 0 Å². The zero-order chi connectivity index (χ0) is 19.0. The number of pyridine rings is 2. The molecule has 0 spiro atoms. The monoisotopic (exact) mass is 476 g/mol. The average Bonchev–Trinajstić information content (AvgIpc) is 2.70. The fraction of sp³-hybridized carbons (Fsp3) is 0.125. The molecule has 2 aromatic rings. The van der Waals surface area contributed by atoms with E-state index in [1.807, 2.05) is 48.9 Å². The molecule has 0 saturated carbocycles. The smallest absolute Gasteiger partial charge is 0.752 e. The molecule has 2 heterocycles. The molecule has 0 unspecified atom stereocenters. The van der Waals surface area contributed by atoms with E-state index in [1.165, 1.54) is 23.5 Å². The standard InChI is InChI=1S/2C8H9N3S2.Fe/c2*1-13-8(12)11-10-6-7-4-2-3-5-9-7;/h2*2-6H,1H3,(H,11,12);/q;;+2/p-2/b2*10-6+;. The molecule has 27 heavy (non-hydrogen) atoms. The Kier molecular flexibility index (Phi) is 15.9. The molecular weight excluding hydrogens is 460 g/mol. The minimum atomic E-state index is 0. The number of hydrogen-bond donors (Lipinski definition) is 0. The third-order valence-electron chi connectivity index (χ3n) is 2.38. The van der Waals surface area contributed by atoms with Crippen molar-refractivity contribution in [1.82, 2.24) is 9.97 Å². The maximum Gasteiger partial charge on any atom is 2.00 e. The summed E-state index contributed by atoms with van der Waals surface area (Å²) in [5.74, 6) is 0. The molecule has 0 amide bonds. The van der Waals surface area contributed by atoms with Crippen LogP contribution in [0.5, 0.6) is 0 Å². The molecule has 0 radical (unpaired) electrons. The van der Waals surface area contributed by atoms with Gasteiger partial charge in [0.05, 0.1) is 23.8 Å². The van der Waals surface area contributed by atoms with Gasteiger partial charge in [0.2, 0.25) is 0 Å². The molecule has 11 heteroatoms. The largest absolute Gasteiger partial charge is 2.00 e. The van der Waals surface area contributed by atoms with E-state index in [-0.39, 0.29) is 17.1 Å². The summed E-state index contributed by atoms with van der Waals surface area (Å²) in [5, 5.41) is 15.1. The van der Waals surface area contributed by atoms with Gasteiger partial charge in [0, 0.05) is 12.4 Å². The Morgan fingerprint density at radius 2 is 1.22 bits per heavy atom. The summed E-state index contributed by atoms with van der Waals surface area (Å²) in [7, 11) is 0. The number of rotatable bonds is 4. The van der Waals surface area contributed by atoms with Gasteiger partial charge in [0.25, 0.3) is 0 Å². The van der Waals surface area contributed by atoms with Gasteiger partial charge < -0.3 is 25.3 Å². The summed E-state index contributed by atoms with van der Waals surface area (Å²) in [5.41, 5.74) is 1.55. The van der Waals surface area contributed by atoms with Crippen molar-refractivity contribution in [2.45, 2.75) is 0 Å². The second-order valence-electron chi connectivity index (χ2n) is 4.14. The predicted octanol–water partition coefficient (Wildman–Crippen LogP) is 3.36. The first-order valence-corrected chi connectivity index (χ1v) is 10.4. The van der Waals surface area contributed by atoms with Crippen LogP contribution in [0.4, 0.5) is 0 Å². The quantitative estimate of drug-likeness (QED) is 0.222. The van der Waals surface area contributed by atoms with Crippen molar-refractivity contribution in [3.8, 4) is 0 Å². The minimum Gasteiger partial charge on any atom is -0.752 e. The number of thioether (sulfide) groups is 2. The van der Waals surface area contributed by atoms with E-state index in [2.05, 4.69) is 30.4 Å². The van der Waals surface area contributed by atoms with Crippen LogP contribution < -0.4 is 0 Å². The second kappa shape index (κ2) is 16.8. The first-order valence-electron chi connectivity index (χ1n) is 7.11. The van der Waals surface area contributed by atoms with Crippen molar-refractivity contribution in [2.24, 2.45) is 20.4 Å². The van der Waals surface area contributed by atoms with Crippen LogP contribution in [0, 0.1) is 0 Å². The van der Waals surface area contributed by atoms with Crippen molar-refractivity contribution in [1.29, 1.82) is 0 Å². The first-order chi connectivity index (χ1) is 12.7. The molecule has 0 bridgehead atoms. The van der Waals surface area contributed by atoms with Gasteiger partial charge in [0.15, 0.2) is 0 Å². The van der Waals surface area contributed by atoms with Gasteiger partial charge in [-0.15, -0.1) is 23.5 Å². The molecule has 0 aliphatic carbocycles. The summed E-state index contributed by atoms with van der Waals surface area (Å²) in [6.07, 6.45) is 10.3. The Balaban J connectivity index is 0.000000483. The molecule has 0 N–H and O–H groups in total. The van der Waals surface area contributed by atoms with Gasteiger partial charge in [-0.05, 0) is 45.5 Å². The van der Waals surface area contributed by atoms with Crippen molar-refractivity contribution in [3.05, 3.63) is 60.2 Å². The topological polar surface area (TPSA) is 75.2 Å². The van der Waals surface area contributed by atoms with Crippen LogP contribution in [0.25, 0.3) is 0 Å². The zero-order valence-corrected chi connectivity index (χ0v) is 18.8. The molecule has 142 valence electrons. The molecule has 0 aliphatic heterocycles. The minimum absolute atomic E-state index is 0. The molecule has 2 aromatic heterocycles. The van der Waals surface area contributed by atoms with Crippen molar-refractivity contribution in [3.63, 3.8) is 0 Å². The van der Waals surface area contributed by atoms with E-state index in [0.29, 0.717) is 8.75 Å². The SMILES string of the molecule is CS/C([S-])=N/N=C/c1ccccn1.CS/C([S-])=N/N=C/c1ccccn1.[Fe+2]. The number of aromatic nitrogens is 2. The van der Waals surface area contributed by atoms with Gasteiger partial charge in [-0.25, -0.2) is 0 Å². The summed E-state index contributed by atoms with van der Waals surface area (Å²) in [6.45, 7) is 0. The maximum atomic E-state index is 4.83. The summed E-state index contributed by atoms with van der Waals surface area (Å²) in [4.78, 5) is 8.08. The Labute approximate surface area is 189 Å². The molecule has 2 rings (SSSR count). The van der Waals surface area contributed by atoms with Crippen LogP contribution >= 0.6 is 23.5 Å². The molecule has 0 saturated heterocycles. The van der Waals surface area contributed by atoms with Crippen LogP contribution in [0.15, 0.2) is 69.2 Å². The first kappa shape index (κ1) is 25.6. The molecular formula is C16H16FeN6S4. The zero-order valence-electron chi connectivity index (χ0n) is 14.4. The van der Waals surface area contributed by atoms with E-state index in [1.54, 1.807) is 24.8 Å². The van der Waals surface area contributed by atoms with Crippen LogP contribution in [0.1, 0.15) is 11.4 Å². The van der Waals surface area contributed by atoms with Crippen LogP contribution in [-0.4, -0.2) is 43.7 Å². The fourth-order valence-electron chi connectivity index (χ4n) is 1.26. The maximum absolute atomic E-state index is 4.83. The third kappa shape index (κ3) is 13.5. The van der Waals surface area contributed by atoms with Crippen molar-refractivity contribution in [2.75, 3.05) is 12.5 Å². The number of hydrogen-bond acceptors (Lipinski definition) is 10. The van der Waals surface area contributed by atoms with Crippen LogP contribution in [0.2, 0.25) is 0 Å². The van der Waals surface area contributed by atoms with Crippen molar-refractivity contribution < 1.29 is 17.1 Å². The Morgan fingerprint density at radius 1 is 0.815 bits per heavy atom. The van der Waals surface area contributed by atoms with E-state index in [0.717, 1.165) is 11.4 Å². The Hall–Kier alpha value is -1.36. The van der Waals surface area contributed by atoms with E-state index in [4.69, 9.17) is 25.3 Å². The van der Waals surface area contributed by atoms with Gasteiger partial charge >= 0.3 is 17.1 Å². The average molecular weight is 476 g/mol. The third-order valence-corrected chi connectivity index (χ3v) is 4.41. The van der Waals surface area contributed by atoms with E-state index >= 15 is 0 Å². The molecule has 0 atom stereocenters. The van der Waals surface area contributed by atoms with Gasteiger partial charge in [-0.2, -0.15) is 20.4 Å². The Morgan fingerprint density at radius 3 is 1.52 bits per heavy atom. The molecule has 0 fully saturated rings. The summed E-state index contributed by atoms with van der Waals surface area (Å²) in [6, 6.07) is 11.2. The Bertz CT molecular complexity index is 689. The predicted molar refractivity (Wildman–Crippen MR) is 120 cm³/mol. The van der Waals surface area contributed by atoms with Gasteiger partial charge in [-0.3, -0.25) is 9.97 Å². The van der Waals surface area contributed by atoms with Gasteiger partial charge in [-0.1, -0.05) is 12.1 Å². The van der Waals surface area contributed by atoms with E-state index < -0.39 is 0 Å². The molecule has 6 nitrogen and oxygen atoms in total. The fourth-order valence-corrected chi connectivity index (χ4v) is 1.61. The van der Waals surface area contributed by atoms with Crippen molar-refractivity contribution >= 4 is 70.0 Å². The van der Waals surface area contributed by atoms with Crippen LogP contribution in [0.3, 0.4) is 0 Å². The summed E-state index contributed by atoms with van der Waals surface area (Å²) < 4.78 is 1.04. The molecule has 0 aliphatic rings. The normalized spacial score (nSPS) is 11.8. The van der Waals surface area contributed by atoms with Crippen LogP contribution in [-0.2, 0) is 42.3 Å². The second-order valence-corrected chi connectivity index (χ2v) is 7.02. The van der Waals surface area contributed by atoms with E-state index in [9.17, 15) is 0 Å².